The highest BCUT2D eigenvalue weighted by atomic mass is 35.5. The van der Waals surface area contributed by atoms with Gasteiger partial charge in [0.15, 0.2) is 0 Å². The number of nitrogens with zero attached hydrogens (tertiary/aromatic N) is 1. The fourth-order valence-electron chi connectivity index (χ4n) is 2.35. The van der Waals surface area contributed by atoms with Crippen molar-refractivity contribution in [1.82, 2.24) is 10.2 Å². The van der Waals surface area contributed by atoms with Crippen LogP contribution >= 0.6 is 22.9 Å². The van der Waals surface area contributed by atoms with E-state index in [0.717, 1.165) is 37.1 Å². The van der Waals surface area contributed by atoms with Crippen LogP contribution in [0.5, 0.6) is 0 Å². The average Bonchev–Trinajstić information content (AvgIpc) is 3.00. The zero-order valence-corrected chi connectivity index (χ0v) is 13.0. The van der Waals surface area contributed by atoms with E-state index in [4.69, 9.17) is 21.1 Å². The summed E-state index contributed by atoms with van der Waals surface area (Å²) in [5.74, 6) is 0. The Morgan fingerprint density at radius 3 is 2.53 bits per heavy atom. The fourth-order valence-corrected chi connectivity index (χ4v) is 3.41. The molecule has 1 aromatic heterocycles. The predicted molar refractivity (Wildman–Crippen MR) is 79.1 cm³/mol. The monoisotopic (exact) mass is 304 g/mol. The molecule has 1 aliphatic heterocycles. The maximum absolute atomic E-state index is 5.90. The summed E-state index contributed by atoms with van der Waals surface area (Å²) in [5, 5.41) is 3.44. The lowest BCUT2D eigenvalue weighted by atomic mass is 10.3. The van der Waals surface area contributed by atoms with Crippen LogP contribution in [0, 0.1) is 0 Å². The summed E-state index contributed by atoms with van der Waals surface area (Å²) >= 11 is 7.52. The molecule has 0 radical (unpaired) electrons. The van der Waals surface area contributed by atoms with Crippen molar-refractivity contribution in [2.75, 3.05) is 40.4 Å². The number of thiophene rings is 1. The van der Waals surface area contributed by atoms with Gasteiger partial charge in [-0.25, -0.2) is 0 Å². The smallest absolute Gasteiger partial charge is 0.0971 e. The third-order valence-electron chi connectivity index (χ3n) is 3.43. The van der Waals surface area contributed by atoms with Gasteiger partial charge >= 0.3 is 0 Å². The Bertz CT molecular complexity index is 376. The minimum absolute atomic E-state index is 0.195. The van der Waals surface area contributed by atoms with E-state index in [2.05, 4.69) is 16.3 Å². The van der Waals surface area contributed by atoms with Gasteiger partial charge in [-0.05, 0) is 12.1 Å². The molecule has 2 rings (SSSR count). The van der Waals surface area contributed by atoms with Crippen molar-refractivity contribution in [1.29, 1.82) is 0 Å². The van der Waals surface area contributed by atoms with E-state index in [1.54, 1.807) is 25.6 Å². The molecule has 0 bridgehead atoms. The van der Waals surface area contributed by atoms with Gasteiger partial charge in [-0.3, -0.25) is 4.90 Å². The summed E-state index contributed by atoms with van der Waals surface area (Å²) in [5.41, 5.74) is 0. The molecule has 0 saturated carbocycles. The Hall–Kier alpha value is -0.170. The van der Waals surface area contributed by atoms with E-state index in [1.165, 1.54) is 4.88 Å². The van der Waals surface area contributed by atoms with Crippen molar-refractivity contribution < 1.29 is 9.47 Å². The van der Waals surface area contributed by atoms with Crippen molar-refractivity contribution in [2.24, 2.45) is 0 Å². The van der Waals surface area contributed by atoms with Gasteiger partial charge in [0, 0.05) is 51.8 Å². The molecule has 0 aliphatic carbocycles. The van der Waals surface area contributed by atoms with Crippen LogP contribution in [0.4, 0.5) is 0 Å². The second-order valence-corrected chi connectivity index (χ2v) is 6.49. The Morgan fingerprint density at radius 1 is 1.32 bits per heavy atom. The molecule has 0 amide bonds. The molecule has 19 heavy (non-hydrogen) atoms. The largest absolute Gasteiger partial charge is 0.377 e. The summed E-state index contributed by atoms with van der Waals surface area (Å²) < 4.78 is 11.7. The average molecular weight is 305 g/mol. The predicted octanol–water partition coefficient (Wildman–Crippen LogP) is 1.84. The van der Waals surface area contributed by atoms with Gasteiger partial charge in [0.2, 0.25) is 0 Å². The Labute approximate surface area is 123 Å². The zero-order chi connectivity index (χ0) is 13.7. The molecule has 1 saturated heterocycles. The van der Waals surface area contributed by atoms with Crippen LogP contribution in [0.3, 0.4) is 0 Å². The van der Waals surface area contributed by atoms with Crippen molar-refractivity contribution >= 4 is 22.9 Å². The van der Waals surface area contributed by atoms with E-state index < -0.39 is 0 Å². The van der Waals surface area contributed by atoms with E-state index in [-0.39, 0.29) is 12.2 Å². The maximum atomic E-state index is 5.90. The summed E-state index contributed by atoms with van der Waals surface area (Å²) in [6.45, 7) is 4.75. The molecule has 2 unspecified atom stereocenters. The van der Waals surface area contributed by atoms with Gasteiger partial charge in [-0.2, -0.15) is 0 Å². The van der Waals surface area contributed by atoms with Crippen LogP contribution in [0.25, 0.3) is 0 Å². The quantitative estimate of drug-likeness (QED) is 0.779. The molecule has 0 spiro atoms. The number of hydrogen-bond donors (Lipinski definition) is 1. The summed E-state index contributed by atoms with van der Waals surface area (Å²) in [6.07, 6.45) is 0.391. The topological polar surface area (TPSA) is 33.7 Å². The van der Waals surface area contributed by atoms with Gasteiger partial charge in [0.05, 0.1) is 16.5 Å². The number of likely N-dealkylation sites (tertiary alicyclic amines) is 1. The van der Waals surface area contributed by atoms with Crippen molar-refractivity contribution in [3.8, 4) is 0 Å². The molecule has 1 aliphatic rings. The van der Waals surface area contributed by atoms with Gasteiger partial charge in [0.1, 0.15) is 0 Å². The highest BCUT2D eigenvalue weighted by Crippen LogP contribution is 2.21. The molecule has 2 heterocycles. The third-order valence-corrected chi connectivity index (χ3v) is 4.66. The highest BCUT2D eigenvalue weighted by Gasteiger charge is 2.32. The van der Waals surface area contributed by atoms with Gasteiger partial charge in [0.25, 0.3) is 0 Å². The molecular weight excluding hydrogens is 284 g/mol. The second kappa shape index (κ2) is 7.57. The van der Waals surface area contributed by atoms with Crippen LogP contribution in [-0.4, -0.2) is 57.5 Å². The molecule has 4 nitrogen and oxygen atoms in total. The molecule has 108 valence electrons. The van der Waals surface area contributed by atoms with Gasteiger partial charge < -0.3 is 14.8 Å². The van der Waals surface area contributed by atoms with Gasteiger partial charge in [-0.15, -0.1) is 11.3 Å². The van der Waals surface area contributed by atoms with Crippen molar-refractivity contribution in [2.45, 2.75) is 18.8 Å². The minimum Gasteiger partial charge on any atom is -0.377 e. The first kappa shape index (κ1) is 15.2. The molecule has 2 atom stereocenters. The lowest BCUT2D eigenvalue weighted by Gasteiger charge is -2.15. The van der Waals surface area contributed by atoms with E-state index in [0.29, 0.717) is 0 Å². The molecular formula is C13H21ClN2O2S. The van der Waals surface area contributed by atoms with E-state index >= 15 is 0 Å². The second-order valence-electron chi connectivity index (χ2n) is 4.69. The van der Waals surface area contributed by atoms with Crippen molar-refractivity contribution in [3.05, 3.63) is 21.3 Å². The Balaban J connectivity index is 1.64. The number of halogens is 1. The normalized spacial score (nSPS) is 24.2. The van der Waals surface area contributed by atoms with E-state index in [1.807, 2.05) is 6.07 Å². The lowest BCUT2D eigenvalue weighted by Crippen LogP contribution is -2.31. The summed E-state index contributed by atoms with van der Waals surface area (Å²) in [4.78, 5) is 3.65. The fraction of sp³-hybridized carbons (Fsp3) is 0.692. The first-order valence-electron chi connectivity index (χ1n) is 6.45. The minimum atomic E-state index is 0.195. The van der Waals surface area contributed by atoms with Crippen LogP contribution in [0.2, 0.25) is 4.34 Å². The zero-order valence-electron chi connectivity index (χ0n) is 11.4. The molecule has 1 N–H and O–H groups in total. The van der Waals surface area contributed by atoms with Crippen molar-refractivity contribution in [3.63, 3.8) is 0 Å². The lowest BCUT2D eigenvalue weighted by molar-refractivity contribution is -0.00461. The number of rotatable bonds is 7. The number of hydrogen-bond acceptors (Lipinski definition) is 5. The standard InChI is InChI=1S/C13H21ClN2O2S/c1-17-11-8-16(9-12(11)18-2)6-5-15-7-10-3-4-13(14)19-10/h3-4,11-12,15H,5-9H2,1-2H3. The highest BCUT2D eigenvalue weighted by molar-refractivity contribution is 7.16. The summed E-state index contributed by atoms with van der Waals surface area (Å²) in [6, 6.07) is 4.01. The molecule has 1 fully saturated rings. The number of ether oxygens (including phenoxy) is 2. The van der Waals surface area contributed by atoms with E-state index in [9.17, 15) is 0 Å². The maximum Gasteiger partial charge on any atom is 0.0971 e. The van der Waals surface area contributed by atoms with Gasteiger partial charge in [-0.1, -0.05) is 11.6 Å². The first-order chi connectivity index (χ1) is 9.22. The third kappa shape index (κ3) is 4.41. The number of methoxy groups -OCH3 is 2. The van der Waals surface area contributed by atoms with Crippen LogP contribution in [-0.2, 0) is 16.0 Å². The number of nitrogens with one attached hydrogen (secondary N) is 1. The van der Waals surface area contributed by atoms with Crippen LogP contribution < -0.4 is 5.32 Å². The Morgan fingerprint density at radius 2 is 2.00 bits per heavy atom. The van der Waals surface area contributed by atoms with Crippen LogP contribution in [0.1, 0.15) is 4.88 Å². The Kier molecular flexibility index (Phi) is 6.06. The SMILES string of the molecule is COC1CN(CCNCc2ccc(Cl)s2)CC1OC. The molecule has 6 heteroatoms. The molecule has 0 aromatic carbocycles. The molecule has 1 aromatic rings. The first-order valence-corrected chi connectivity index (χ1v) is 7.65. The van der Waals surface area contributed by atoms with Crippen LogP contribution in [0.15, 0.2) is 12.1 Å². The summed E-state index contributed by atoms with van der Waals surface area (Å²) in [7, 11) is 3.50.